The number of hydrogen-bond donors (Lipinski definition) is 0. The van der Waals surface area contributed by atoms with E-state index in [-0.39, 0.29) is 5.43 Å². The zero-order valence-corrected chi connectivity index (χ0v) is 10.5. The zero-order valence-electron chi connectivity index (χ0n) is 10.5. The van der Waals surface area contributed by atoms with Crippen molar-refractivity contribution in [1.82, 2.24) is 0 Å². The number of para-hydroxylation sites is 1. The van der Waals surface area contributed by atoms with Gasteiger partial charge in [0, 0.05) is 11.6 Å². The largest absolute Gasteiger partial charge is 0.456 e. The lowest BCUT2D eigenvalue weighted by Crippen LogP contribution is -1.99. The molecule has 1 heterocycles. The maximum Gasteiger partial charge on any atom is 0.193 e. The van der Waals surface area contributed by atoms with Crippen molar-refractivity contribution in [2.75, 3.05) is 0 Å². The van der Waals surface area contributed by atoms with Crippen LogP contribution in [0.2, 0.25) is 0 Å². The first-order chi connectivity index (χ1) is 9.34. The van der Waals surface area contributed by atoms with E-state index in [1.165, 1.54) is 6.07 Å². The normalized spacial score (nSPS) is 9.68. The van der Waals surface area contributed by atoms with Gasteiger partial charge in [0.05, 0.1) is 5.39 Å². The first-order valence-electron chi connectivity index (χ1n) is 5.93. The Kier molecular flexibility index (Phi) is 3.94. The molecule has 0 amide bonds. The molecule has 3 rings (SSSR count). The van der Waals surface area contributed by atoms with Crippen LogP contribution in [0.3, 0.4) is 0 Å². The Hall–Kier alpha value is -2.61. The molecule has 0 aliphatic rings. The molecule has 0 spiro atoms. The number of fused-ring (bicyclic) bond motifs is 1. The van der Waals surface area contributed by atoms with Gasteiger partial charge in [0.1, 0.15) is 11.3 Å². The molecule has 19 heavy (non-hydrogen) atoms. The SMILES string of the molecule is C=C.O=c1cc(-c2ccccc2)oc2ccccc12. The number of benzene rings is 2. The van der Waals surface area contributed by atoms with Gasteiger partial charge in [-0.2, -0.15) is 0 Å². The van der Waals surface area contributed by atoms with E-state index < -0.39 is 0 Å². The van der Waals surface area contributed by atoms with E-state index in [0.717, 1.165) is 5.56 Å². The van der Waals surface area contributed by atoms with Crippen LogP contribution in [0.25, 0.3) is 22.3 Å². The summed E-state index contributed by atoms with van der Waals surface area (Å²) in [7, 11) is 0. The highest BCUT2D eigenvalue weighted by Gasteiger charge is 2.05. The molecule has 0 saturated carbocycles. The molecule has 0 aliphatic carbocycles. The van der Waals surface area contributed by atoms with Gasteiger partial charge in [-0.25, -0.2) is 0 Å². The Morgan fingerprint density at radius 2 is 1.47 bits per heavy atom. The van der Waals surface area contributed by atoms with Crippen molar-refractivity contribution in [2.45, 2.75) is 0 Å². The van der Waals surface area contributed by atoms with Crippen LogP contribution in [0.15, 0.2) is 83.0 Å². The van der Waals surface area contributed by atoms with E-state index in [0.29, 0.717) is 16.7 Å². The maximum atomic E-state index is 11.9. The van der Waals surface area contributed by atoms with E-state index in [2.05, 4.69) is 13.2 Å². The Bertz CT molecular complexity index is 727. The lowest BCUT2D eigenvalue weighted by atomic mass is 10.1. The van der Waals surface area contributed by atoms with Crippen LogP contribution in [0, 0.1) is 0 Å². The monoisotopic (exact) mass is 250 g/mol. The fraction of sp³-hybridized carbons (Fsp3) is 0. The minimum Gasteiger partial charge on any atom is -0.456 e. The van der Waals surface area contributed by atoms with Crippen molar-refractivity contribution in [2.24, 2.45) is 0 Å². The van der Waals surface area contributed by atoms with Crippen molar-refractivity contribution in [3.63, 3.8) is 0 Å². The van der Waals surface area contributed by atoms with Crippen molar-refractivity contribution in [3.05, 3.63) is 84.0 Å². The molecule has 0 fully saturated rings. The van der Waals surface area contributed by atoms with Crippen LogP contribution < -0.4 is 5.43 Å². The first kappa shape index (κ1) is 12.8. The molecule has 94 valence electrons. The van der Waals surface area contributed by atoms with Crippen LogP contribution in [0.4, 0.5) is 0 Å². The highest BCUT2D eigenvalue weighted by molar-refractivity contribution is 5.78. The highest BCUT2D eigenvalue weighted by Crippen LogP contribution is 2.21. The molecule has 2 nitrogen and oxygen atoms in total. The van der Waals surface area contributed by atoms with E-state index in [1.54, 1.807) is 6.07 Å². The van der Waals surface area contributed by atoms with Crippen LogP contribution in [0.5, 0.6) is 0 Å². The molecule has 0 radical (unpaired) electrons. The minimum absolute atomic E-state index is 0.00861. The Balaban J connectivity index is 0.000000637. The van der Waals surface area contributed by atoms with Gasteiger partial charge in [-0.05, 0) is 12.1 Å². The standard InChI is InChI=1S/C15H10O2.C2H4/c16-13-10-15(11-6-2-1-3-7-11)17-14-9-5-4-8-12(13)14;1-2/h1-10H;1-2H2. The lowest BCUT2D eigenvalue weighted by molar-refractivity contribution is 0.619. The van der Waals surface area contributed by atoms with Gasteiger partial charge >= 0.3 is 0 Å². The maximum absolute atomic E-state index is 11.9. The summed E-state index contributed by atoms with van der Waals surface area (Å²) in [5.41, 5.74) is 1.53. The van der Waals surface area contributed by atoms with Gasteiger partial charge in [-0.1, -0.05) is 42.5 Å². The van der Waals surface area contributed by atoms with Crippen molar-refractivity contribution < 1.29 is 4.42 Å². The van der Waals surface area contributed by atoms with E-state index >= 15 is 0 Å². The van der Waals surface area contributed by atoms with Crippen LogP contribution in [-0.2, 0) is 0 Å². The lowest BCUT2D eigenvalue weighted by Gasteiger charge is -2.02. The molecule has 0 aliphatic heterocycles. The second-order valence-corrected chi connectivity index (χ2v) is 3.84. The van der Waals surface area contributed by atoms with Gasteiger partial charge in [-0.3, -0.25) is 4.79 Å². The van der Waals surface area contributed by atoms with Crippen molar-refractivity contribution in [1.29, 1.82) is 0 Å². The molecule has 2 aromatic carbocycles. The van der Waals surface area contributed by atoms with E-state index in [4.69, 9.17) is 4.42 Å². The van der Waals surface area contributed by atoms with Gasteiger partial charge in [0.15, 0.2) is 5.43 Å². The van der Waals surface area contributed by atoms with Crippen LogP contribution in [-0.4, -0.2) is 0 Å². The summed E-state index contributed by atoms with van der Waals surface area (Å²) < 4.78 is 5.73. The number of hydrogen-bond acceptors (Lipinski definition) is 2. The third-order valence-corrected chi connectivity index (χ3v) is 2.69. The topological polar surface area (TPSA) is 30.2 Å². The zero-order chi connectivity index (χ0) is 13.7. The second kappa shape index (κ2) is 5.83. The third-order valence-electron chi connectivity index (χ3n) is 2.69. The fourth-order valence-corrected chi connectivity index (χ4v) is 1.85. The molecule has 3 aromatic rings. The first-order valence-corrected chi connectivity index (χ1v) is 5.93. The van der Waals surface area contributed by atoms with Gasteiger partial charge in [0.25, 0.3) is 0 Å². The summed E-state index contributed by atoms with van der Waals surface area (Å²) in [6.07, 6.45) is 0. The predicted molar refractivity (Wildman–Crippen MR) is 79.2 cm³/mol. The quantitative estimate of drug-likeness (QED) is 0.604. The van der Waals surface area contributed by atoms with E-state index in [1.807, 2.05) is 48.5 Å². The third kappa shape index (κ3) is 2.63. The summed E-state index contributed by atoms with van der Waals surface area (Å²) in [6, 6.07) is 18.4. The molecular formula is C17H14O2. The van der Waals surface area contributed by atoms with Gasteiger partial charge in [0.2, 0.25) is 0 Å². The Morgan fingerprint density at radius 3 is 2.21 bits per heavy atom. The number of rotatable bonds is 1. The fourth-order valence-electron chi connectivity index (χ4n) is 1.85. The molecule has 0 atom stereocenters. The minimum atomic E-state index is -0.00861. The Labute approximate surface area is 111 Å². The molecule has 0 bridgehead atoms. The highest BCUT2D eigenvalue weighted by atomic mass is 16.3. The van der Waals surface area contributed by atoms with Crippen molar-refractivity contribution in [3.8, 4) is 11.3 Å². The molecule has 0 unspecified atom stereocenters. The summed E-state index contributed by atoms with van der Waals surface area (Å²) in [5, 5.41) is 0.618. The molecule has 0 N–H and O–H groups in total. The summed E-state index contributed by atoms with van der Waals surface area (Å²) in [4.78, 5) is 11.9. The predicted octanol–water partition coefficient (Wildman–Crippen LogP) is 4.26. The second-order valence-electron chi connectivity index (χ2n) is 3.84. The van der Waals surface area contributed by atoms with Crippen LogP contribution in [0.1, 0.15) is 0 Å². The molecular weight excluding hydrogens is 236 g/mol. The van der Waals surface area contributed by atoms with E-state index in [9.17, 15) is 4.79 Å². The molecule has 0 saturated heterocycles. The van der Waals surface area contributed by atoms with Crippen molar-refractivity contribution >= 4 is 11.0 Å². The Morgan fingerprint density at radius 1 is 0.842 bits per heavy atom. The molecule has 1 aromatic heterocycles. The van der Waals surface area contributed by atoms with Crippen LogP contribution >= 0.6 is 0 Å². The smallest absolute Gasteiger partial charge is 0.193 e. The summed E-state index contributed by atoms with van der Waals surface area (Å²) >= 11 is 0. The van der Waals surface area contributed by atoms with Gasteiger partial charge < -0.3 is 4.42 Å². The molecule has 2 heteroatoms. The van der Waals surface area contributed by atoms with Gasteiger partial charge in [-0.15, -0.1) is 13.2 Å². The average molecular weight is 250 g/mol. The summed E-state index contributed by atoms with van der Waals surface area (Å²) in [6.45, 7) is 6.00. The average Bonchev–Trinajstić information content (AvgIpc) is 2.50. The summed E-state index contributed by atoms with van der Waals surface area (Å²) in [5.74, 6) is 0.606.